The van der Waals surface area contributed by atoms with Crippen LogP contribution in [-0.2, 0) is 11.2 Å². The number of carbonyl (C=O) groups is 1. The van der Waals surface area contributed by atoms with Gasteiger partial charge < -0.3 is 9.47 Å². The van der Waals surface area contributed by atoms with Gasteiger partial charge >= 0.3 is 6.09 Å². The molecule has 3 heterocycles. The van der Waals surface area contributed by atoms with E-state index in [0.717, 1.165) is 22.8 Å². The van der Waals surface area contributed by atoms with Gasteiger partial charge in [0.25, 0.3) is 5.88 Å². The van der Waals surface area contributed by atoms with Crippen LogP contribution in [0.15, 0.2) is 43.0 Å². The normalized spacial score (nSPS) is 11.2. The van der Waals surface area contributed by atoms with E-state index in [4.69, 9.17) is 21.1 Å². The van der Waals surface area contributed by atoms with Gasteiger partial charge in [-0.05, 0) is 56.5 Å². The minimum atomic E-state index is -0.658. The molecule has 0 atom stereocenters. The molecule has 0 aliphatic heterocycles. The summed E-state index contributed by atoms with van der Waals surface area (Å²) in [4.78, 5) is 24.1. The van der Waals surface area contributed by atoms with E-state index in [0.29, 0.717) is 18.0 Å². The van der Waals surface area contributed by atoms with Gasteiger partial charge in [0.2, 0.25) is 0 Å². The van der Waals surface area contributed by atoms with Crippen molar-refractivity contribution in [2.24, 2.45) is 0 Å². The SMILES string of the molecule is Cc1c(Cc2ccc(NC(=O)OC(C)(C)C)nc2)cncc1Oc1ncc(Cl)cc1F. The summed E-state index contributed by atoms with van der Waals surface area (Å²) in [7, 11) is 0. The quantitative estimate of drug-likeness (QED) is 0.543. The van der Waals surface area contributed by atoms with Gasteiger partial charge in [0.15, 0.2) is 11.6 Å². The lowest BCUT2D eigenvalue weighted by atomic mass is 10.0. The van der Waals surface area contributed by atoms with Gasteiger partial charge in [-0.1, -0.05) is 17.7 Å². The fourth-order valence-corrected chi connectivity index (χ4v) is 2.78. The molecular weight excluding hydrogens is 423 g/mol. The summed E-state index contributed by atoms with van der Waals surface area (Å²) in [6.45, 7) is 7.21. The number of hydrogen-bond donors (Lipinski definition) is 1. The number of rotatable bonds is 5. The van der Waals surface area contributed by atoms with Crippen LogP contribution in [0.5, 0.6) is 11.6 Å². The second-order valence-corrected chi connectivity index (χ2v) is 8.26. The first-order valence-electron chi connectivity index (χ1n) is 9.48. The monoisotopic (exact) mass is 444 g/mol. The van der Waals surface area contributed by atoms with Gasteiger partial charge in [0, 0.05) is 25.0 Å². The molecule has 1 amide bonds. The Balaban J connectivity index is 1.70. The smallest absolute Gasteiger partial charge is 0.413 e. The van der Waals surface area contributed by atoms with E-state index in [1.807, 2.05) is 13.0 Å². The van der Waals surface area contributed by atoms with Gasteiger partial charge in [-0.3, -0.25) is 10.3 Å². The molecule has 0 aromatic carbocycles. The highest BCUT2D eigenvalue weighted by Crippen LogP contribution is 2.28. The van der Waals surface area contributed by atoms with Crippen LogP contribution >= 0.6 is 11.6 Å². The summed E-state index contributed by atoms with van der Waals surface area (Å²) in [6.07, 6.45) is 6.12. The lowest BCUT2D eigenvalue weighted by Crippen LogP contribution is -2.27. The highest BCUT2D eigenvalue weighted by molar-refractivity contribution is 6.30. The number of nitrogens with zero attached hydrogens (tertiary/aromatic N) is 3. The van der Waals surface area contributed by atoms with Crippen LogP contribution in [0.2, 0.25) is 5.02 Å². The Kier molecular flexibility index (Phi) is 6.70. The molecule has 0 aliphatic carbocycles. The van der Waals surface area contributed by atoms with Crippen molar-refractivity contribution in [2.75, 3.05) is 5.32 Å². The molecule has 0 spiro atoms. The third-order valence-electron chi connectivity index (χ3n) is 4.10. The lowest BCUT2D eigenvalue weighted by molar-refractivity contribution is 0.0635. The highest BCUT2D eigenvalue weighted by Gasteiger charge is 2.17. The number of amides is 1. The van der Waals surface area contributed by atoms with Crippen molar-refractivity contribution in [1.82, 2.24) is 15.0 Å². The molecule has 0 radical (unpaired) electrons. The average molecular weight is 445 g/mol. The largest absolute Gasteiger partial charge is 0.444 e. The van der Waals surface area contributed by atoms with Crippen molar-refractivity contribution in [3.63, 3.8) is 0 Å². The van der Waals surface area contributed by atoms with Crippen molar-refractivity contribution in [1.29, 1.82) is 0 Å². The van der Waals surface area contributed by atoms with Gasteiger partial charge in [-0.2, -0.15) is 0 Å². The fraction of sp³-hybridized carbons (Fsp3) is 0.273. The first-order valence-corrected chi connectivity index (χ1v) is 9.86. The summed E-state index contributed by atoms with van der Waals surface area (Å²) in [5, 5.41) is 2.78. The van der Waals surface area contributed by atoms with E-state index < -0.39 is 17.5 Å². The van der Waals surface area contributed by atoms with Gasteiger partial charge in [0.1, 0.15) is 11.4 Å². The van der Waals surface area contributed by atoms with Crippen LogP contribution in [0, 0.1) is 12.7 Å². The summed E-state index contributed by atoms with van der Waals surface area (Å²) in [6, 6.07) is 4.66. The van der Waals surface area contributed by atoms with E-state index in [1.165, 1.54) is 12.4 Å². The highest BCUT2D eigenvalue weighted by atomic mass is 35.5. The molecule has 0 unspecified atom stereocenters. The topological polar surface area (TPSA) is 86.2 Å². The number of hydrogen-bond acceptors (Lipinski definition) is 6. The molecule has 0 aliphatic rings. The summed E-state index contributed by atoms with van der Waals surface area (Å²) < 4.78 is 24.8. The Labute approximate surface area is 184 Å². The molecule has 0 bridgehead atoms. The zero-order valence-corrected chi connectivity index (χ0v) is 18.3. The van der Waals surface area contributed by atoms with Crippen molar-refractivity contribution in [3.05, 3.63) is 70.5 Å². The van der Waals surface area contributed by atoms with Crippen LogP contribution in [0.1, 0.15) is 37.5 Å². The van der Waals surface area contributed by atoms with Crippen molar-refractivity contribution in [3.8, 4) is 11.6 Å². The molecule has 162 valence electrons. The van der Waals surface area contributed by atoms with Crippen molar-refractivity contribution >= 4 is 23.5 Å². The molecule has 1 N–H and O–H groups in total. The number of ether oxygens (including phenoxy) is 2. The first kappa shape index (κ1) is 22.4. The number of halogens is 2. The molecular formula is C22H22ClFN4O3. The Morgan fingerprint density at radius 3 is 2.58 bits per heavy atom. The minimum absolute atomic E-state index is 0.175. The minimum Gasteiger partial charge on any atom is -0.444 e. The van der Waals surface area contributed by atoms with Gasteiger partial charge in [-0.25, -0.2) is 19.2 Å². The van der Waals surface area contributed by atoms with E-state index in [9.17, 15) is 9.18 Å². The Morgan fingerprint density at radius 1 is 1.16 bits per heavy atom. The second kappa shape index (κ2) is 9.26. The predicted molar refractivity (Wildman–Crippen MR) is 115 cm³/mol. The van der Waals surface area contributed by atoms with Crippen LogP contribution < -0.4 is 10.1 Å². The number of nitrogens with one attached hydrogen (secondary N) is 1. The molecule has 7 nitrogen and oxygen atoms in total. The maximum atomic E-state index is 14.0. The van der Waals surface area contributed by atoms with Crippen LogP contribution in [0.3, 0.4) is 0 Å². The standard InChI is InChI=1S/C22H22ClFN4O3/c1-13-15(10-25-12-18(13)30-20-17(24)8-16(23)11-27-20)7-14-5-6-19(26-9-14)28-21(29)31-22(2,3)4/h5-6,8-12H,7H2,1-4H3,(H,26,28,29). The van der Waals surface area contributed by atoms with E-state index in [-0.39, 0.29) is 10.9 Å². The zero-order valence-electron chi connectivity index (χ0n) is 17.6. The molecule has 0 saturated heterocycles. The molecule has 3 aromatic rings. The lowest BCUT2D eigenvalue weighted by Gasteiger charge is -2.19. The Morgan fingerprint density at radius 2 is 1.94 bits per heavy atom. The zero-order chi connectivity index (χ0) is 22.6. The summed E-state index contributed by atoms with van der Waals surface area (Å²) in [5.74, 6) is -0.0584. The predicted octanol–water partition coefficient (Wildman–Crippen LogP) is 5.70. The molecule has 3 rings (SSSR count). The Hall–Kier alpha value is -3.26. The molecule has 31 heavy (non-hydrogen) atoms. The maximum Gasteiger partial charge on any atom is 0.413 e. The van der Waals surface area contributed by atoms with Crippen LogP contribution in [0.4, 0.5) is 15.0 Å². The van der Waals surface area contributed by atoms with Crippen molar-refractivity contribution in [2.45, 2.75) is 39.7 Å². The number of pyridine rings is 3. The number of carbonyl (C=O) groups excluding carboxylic acids is 1. The number of anilines is 1. The van der Waals surface area contributed by atoms with E-state index >= 15 is 0 Å². The second-order valence-electron chi connectivity index (χ2n) is 7.82. The average Bonchev–Trinajstić information content (AvgIpc) is 2.67. The maximum absolute atomic E-state index is 14.0. The van der Waals surface area contributed by atoms with Gasteiger partial charge in [0.05, 0.1) is 11.2 Å². The molecule has 0 fully saturated rings. The number of aromatic nitrogens is 3. The fourth-order valence-electron chi connectivity index (χ4n) is 2.64. The molecule has 3 aromatic heterocycles. The first-order chi connectivity index (χ1) is 14.6. The molecule has 9 heteroatoms. The van der Waals surface area contributed by atoms with E-state index in [2.05, 4.69) is 20.3 Å². The summed E-state index contributed by atoms with van der Waals surface area (Å²) in [5.41, 5.74) is 1.97. The Bertz CT molecular complexity index is 1090. The van der Waals surface area contributed by atoms with Crippen molar-refractivity contribution < 1.29 is 18.7 Å². The summed E-state index contributed by atoms with van der Waals surface area (Å²) >= 11 is 5.73. The van der Waals surface area contributed by atoms with Gasteiger partial charge in [-0.15, -0.1) is 0 Å². The molecule has 0 saturated carbocycles. The van der Waals surface area contributed by atoms with E-state index in [1.54, 1.807) is 39.2 Å². The van der Waals surface area contributed by atoms with Crippen LogP contribution in [0.25, 0.3) is 0 Å². The third-order valence-corrected chi connectivity index (χ3v) is 4.31. The third kappa shape index (κ3) is 6.36. The van der Waals surface area contributed by atoms with Crippen LogP contribution in [-0.4, -0.2) is 26.6 Å².